The highest BCUT2D eigenvalue weighted by Crippen LogP contribution is 2.11. The number of carboxylic acids is 1. The minimum atomic E-state index is -0.956. The number of carbonyl (C=O) groups is 2. The number of rotatable bonds is 5. The monoisotopic (exact) mass is 276 g/mol. The summed E-state index contributed by atoms with van der Waals surface area (Å²) in [6.45, 7) is 0.394. The van der Waals surface area contributed by atoms with Crippen LogP contribution in [0.15, 0.2) is 36.0 Å². The van der Waals surface area contributed by atoms with Gasteiger partial charge in [0.1, 0.15) is 0 Å². The van der Waals surface area contributed by atoms with Gasteiger partial charge in [-0.1, -0.05) is 18.2 Å². The van der Waals surface area contributed by atoms with Gasteiger partial charge in [0.15, 0.2) is 0 Å². The van der Waals surface area contributed by atoms with Gasteiger partial charge in [0, 0.05) is 16.6 Å². The van der Waals surface area contributed by atoms with Gasteiger partial charge >= 0.3 is 5.97 Å². The van der Waals surface area contributed by atoms with E-state index in [1.54, 1.807) is 36.0 Å². The standard InChI is InChI=1S/C13H12N2O3S/c16-12(17)5-9-3-1-2-4-11(9)13(18)15-7-10-6-14-8-19-10/h1-4,6,8H,5,7H2,(H,15,18)(H,16,17). The molecule has 0 aliphatic heterocycles. The Labute approximate surface area is 113 Å². The van der Waals surface area contributed by atoms with E-state index in [-0.39, 0.29) is 12.3 Å². The Kier molecular flexibility index (Phi) is 4.25. The Bertz CT molecular complexity index is 581. The zero-order valence-electron chi connectivity index (χ0n) is 10.00. The molecule has 0 unspecified atom stereocenters. The molecule has 0 saturated carbocycles. The van der Waals surface area contributed by atoms with E-state index in [1.165, 1.54) is 11.3 Å². The first-order valence-electron chi connectivity index (χ1n) is 5.62. The van der Waals surface area contributed by atoms with Crippen molar-refractivity contribution in [2.24, 2.45) is 0 Å². The van der Waals surface area contributed by atoms with E-state index >= 15 is 0 Å². The molecular weight excluding hydrogens is 264 g/mol. The number of nitrogens with zero attached hydrogens (tertiary/aromatic N) is 1. The maximum atomic E-state index is 12.0. The second kappa shape index (κ2) is 6.10. The fraction of sp³-hybridized carbons (Fsp3) is 0.154. The van der Waals surface area contributed by atoms with Gasteiger partial charge in [-0.15, -0.1) is 11.3 Å². The van der Waals surface area contributed by atoms with Crippen LogP contribution in [-0.2, 0) is 17.8 Å². The Balaban J connectivity index is 2.08. The van der Waals surface area contributed by atoms with Gasteiger partial charge in [-0.3, -0.25) is 14.6 Å². The number of nitrogens with one attached hydrogen (secondary N) is 1. The fourth-order valence-corrected chi connectivity index (χ4v) is 2.19. The SMILES string of the molecule is O=C(O)Cc1ccccc1C(=O)NCc1cncs1. The van der Waals surface area contributed by atoms with Crippen molar-refractivity contribution in [3.63, 3.8) is 0 Å². The molecule has 1 heterocycles. The van der Waals surface area contributed by atoms with Crippen LogP contribution in [0.3, 0.4) is 0 Å². The molecule has 0 saturated heterocycles. The summed E-state index contributed by atoms with van der Waals surface area (Å²) in [7, 11) is 0. The molecule has 6 heteroatoms. The molecule has 19 heavy (non-hydrogen) atoms. The van der Waals surface area contributed by atoms with Gasteiger partial charge in [0.2, 0.25) is 0 Å². The number of hydrogen-bond donors (Lipinski definition) is 2. The fourth-order valence-electron chi connectivity index (χ4n) is 1.65. The van der Waals surface area contributed by atoms with Gasteiger partial charge in [-0.2, -0.15) is 0 Å². The molecule has 0 radical (unpaired) electrons. The molecule has 0 aliphatic rings. The molecular formula is C13H12N2O3S. The Morgan fingerprint density at radius 1 is 1.32 bits per heavy atom. The lowest BCUT2D eigenvalue weighted by Gasteiger charge is -2.07. The number of carbonyl (C=O) groups excluding carboxylic acids is 1. The highest BCUT2D eigenvalue weighted by Gasteiger charge is 2.12. The highest BCUT2D eigenvalue weighted by atomic mass is 32.1. The Hall–Kier alpha value is -2.21. The van der Waals surface area contributed by atoms with Gasteiger partial charge in [-0.05, 0) is 11.6 Å². The summed E-state index contributed by atoms with van der Waals surface area (Å²) in [5.41, 5.74) is 2.60. The molecule has 0 atom stereocenters. The number of carboxylic acid groups (broad SMARTS) is 1. The Morgan fingerprint density at radius 2 is 2.11 bits per heavy atom. The molecule has 2 aromatic rings. The van der Waals surface area contributed by atoms with Crippen LogP contribution in [0.2, 0.25) is 0 Å². The molecule has 2 rings (SSSR count). The summed E-state index contributed by atoms with van der Waals surface area (Å²) in [6.07, 6.45) is 1.53. The summed E-state index contributed by atoms with van der Waals surface area (Å²) < 4.78 is 0. The zero-order chi connectivity index (χ0) is 13.7. The van der Waals surface area contributed by atoms with Crippen LogP contribution in [0.1, 0.15) is 20.8 Å². The summed E-state index contributed by atoms with van der Waals surface area (Å²) in [6, 6.07) is 6.71. The minimum absolute atomic E-state index is 0.163. The molecule has 1 amide bonds. The molecule has 98 valence electrons. The third-order valence-corrected chi connectivity index (χ3v) is 3.29. The largest absolute Gasteiger partial charge is 0.481 e. The molecule has 2 N–H and O–H groups in total. The van der Waals surface area contributed by atoms with Gasteiger partial charge in [0.25, 0.3) is 5.91 Å². The predicted molar refractivity (Wildman–Crippen MR) is 71.1 cm³/mol. The van der Waals surface area contributed by atoms with Crippen molar-refractivity contribution in [3.8, 4) is 0 Å². The van der Waals surface area contributed by atoms with Crippen LogP contribution < -0.4 is 5.32 Å². The lowest BCUT2D eigenvalue weighted by molar-refractivity contribution is -0.136. The van der Waals surface area contributed by atoms with E-state index in [9.17, 15) is 9.59 Å². The van der Waals surface area contributed by atoms with Crippen LogP contribution in [0.25, 0.3) is 0 Å². The van der Waals surface area contributed by atoms with E-state index < -0.39 is 5.97 Å². The third-order valence-electron chi connectivity index (χ3n) is 2.51. The molecule has 0 spiro atoms. The van der Waals surface area contributed by atoms with Crippen molar-refractivity contribution in [2.45, 2.75) is 13.0 Å². The van der Waals surface area contributed by atoms with E-state index in [0.717, 1.165) is 4.88 Å². The van der Waals surface area contributed by atoms with Crippen LogP contribution >= 0.6 is 11.3 Å². The van der Waals surface area contributed by atoms with Crippen LogP contribution in [0, 0.1) is 0 Å². The molecule has 5 nitrogen and oxygen atoms in total. The molecule has 1 aromatic carbocycles. The molecule has 1 aromatic heterocycles. The number of thiazole rings is 1. The number of amides is 1. The zero-order valence-corrected chi connectivity index (χ0v) is 10.8. The highest BCUT2D eigenvalue weighted by molar-refractivity contribution is 7.09. The van der Waals surface area contributed by atoms with Crippen molar-refractivity contribution in [1.82, 2.24) is 10.3 Å². The van der Waals surface area contributed by atoms with Crippen LogP contribution in [-0.4, -0.2) is 22.0 Å². The molecule has 0 fully saturated rings. The maximum absolute atomic E-state index is 12.0. The predicted octanol–water partition coefficient (Wildman–Crippen LogP) is 1.70. The van der Waals surface area contributed by atoms with Gasteiger partial charge in [0.05, 0.1) is 18.5 Å². The number of hydrogen-bond acceptors (Lipinski definition) is 4. The lowest BCUT2D eigenvalue weighted by atomic mass is 10.0. The van der Waals surface area contributed by atoms with E-state index in [4.69, 9.17) is 5.11 Å². The van der Waals surface area contributed by atoms with Gasteiger partial charge in [-0.25, -0.2) is 0 Å². The maximum Gasteiger partial charge on any atom is 0.307 e. The minimum Gasteiger partial charge on any atom is -0.481 e. The van der Waals surface area contributed by atoms with Crippen molar-refractivity contribution in [2.75, 3.05) is 0 Å². The molecule has 0 bridgehead atoms. The number of aromatic nitrogens is 1. The average molecular weight is 276 g/mol. The number of aliphatic carboxylic acids is 1. The van der Waals surface area contributed by atoms with Crippen LogP contribution in [0.4, 0.5) is 0 Å². The summed E-state index contributed by atoms with van der Waals surface area (Å²) >= 11 is 1.45. The number of benzene rings is 1. The molecule has 0 aliphatic carbocycles. The summed E-state index contributed by atoms with van der Waals surface area (Å²) in [5.74, 6) is -1.23. The van der Waals surface area contributed by atoms with E-state index in [0.29, 0.717) is 17.7 Å². The van der Waals surface area contributed by atoms with E-state index in [2.05, 4.69) is 10.3 Å². The van der Waals surface area contributed by atoms with Crippen molar-refractivity contribution >= 4 is 23.2 Å². The second-order valence-corrected chi connectivity index (χ2v) is 4.85. The first kappa shape index (κ1) is 13.2. The second-order valence-electron chi connectivity index (χ2n) is 3.88. The first-order valence-corrected chi connectivity index (χ1v) is 6.50. The van der Waals surface area contributed by atoms with E-state index in [1.807, 2.05) is 0 Å². The first-order chi connectivity index (χ1) is 9.16. The quantitative estimate of drug-likeness (QED) is 0.871. The Morgan fingerprint density at radius 3 is 2.79 bits per heavy atom. The van der Waals surface area contributed by atoms with Crippen molar-refractivity contribution in [1.29, 1.82) is 0 Å². The normalized spacial score (nSPS) is 10.1. The average Bonchev–Trinajstić information content (AvgIpc) is 2.89. The lowest BCUT2D eigenvalue weighted by Crippen LogP contribution is -2.24. The van der Waals surface area contributed by atoms with Crippen molar-refractivity contribution < 1.29 is 14.7 Å². The topological polar surface area (TPSA) is 79.3 Å². The van der Waals surface area contributed by atoms with Gasteiger partial charge < -0.3 is 10.4 Å². The third kappa shape index (κ3) is 3.62. The summed E-state index contributed by atoms with van der Waals surface area (Å²) in [4.78, 5) is 27.6. The van der Waals surface area contributed by atoms with Crippen LogP contribution in [0.5, 0.6) is 0 Å². The van der Waals surface area contributed by atoms with Crippen molar-refractivity contribution in [3.05, 3.63) is 52.0 Å². The summed E-state index contributed by atoms with van der Waals surface area (Å²) in [5, 5.41) is 11.6. The smallest absolute Gasteiger partial charge is 0.307 e.